The first-order chi connectivity index (χ1) is 11.4. The molecule has 1 aliphatic rings. The molecule has 0 aliphatic heterocycles. The molecule has 1 aliphatic carbocycles. The van der Waals surface area contributed by atoms with E-state index in [2.05, 4.69) is 5.32 Å². The summed E-state index contributed by atoms with van der Waals surface area (Å²) in [6, 6.07) is 5.99. The van der Waals surface area contributed by atoms with Gasteiger partial charge in [0, 0.05) is 19.0 Å². The number of sulfonamides is 1. The lowest BCUT2D eigenvalue weighted by molar-refractivity contribution is -0.122. The summed E-state index contributed by atoms with van der Waals surface area (Å²) in [5.74, 6) is -0.654. The Hall–Kier alpha value is -1.63. The van der Waals surface area contributed by atoms with Crippen LogP contribution >= 0.6 is 0 Å². The Bertz CT molecular complexity index is 658. The smallest absolute Gasteiger partial charge is 0.232 e. The summed E-state index contributed by atoms with van der Waals surface area (Å²) in [6.07, 6.45) is 7.14. The zero-order chi connectivity index (χ0) is 17.6. The number of benzene rings is 1. The monoisotopic (exact) mass is 356 g/mol. The Morgan fingerprint density at radius 2 is 1.92 bits per heavy atom. The summed E-state index contributed by atoms with van der Waals surface area (Å²) in [4.78, 5) is 12.0. The number of rotatable bonds is 7. The van der Waals surface area contributed by atoms with E-state index < -0.39 is 15.8 Å². The molecule has 0 spiro atoms. The number of para-hydroxylation sites is 1. The standard InChI is InChI=1S/C17H25FN2O3S/c1-24(22,23)20(16-11-6-5-10-15(16)18)13-7-12-17(21)19-14-8-3-2-4-9-14/h5-6,10-11,14H,2-4,7-9,12-13H2,1H3,(H,19,21). The average Bonchev–Trinajstić information content (AvgIpc) is 2.52. The van der Waals surface area contributed by atoms with E-state index in [1.165, 1.54) is 24.6 Å². The average molecular weight is 356 g/mol. The summed E-state index contributed by atoms with van der Waals surface area (Å²) < 4.78 is 38.8. The lowest BCUT2D eigenvalue weighted by Crippen LogP contribution is -2.37. The van der Waals surface area contributed by atoms with Gasteiger partial charge >= 0.3 is 0 Å². The molecule has 0 heterocycles. The van der Waals surface area contributed by atoms with E-state index >= 15 is 0 Å². The van der Waals surface area contributed by atoms with Crippen LogP contribution in [0.2, 0.25) is 0 Å². The van der Waals surface area contributed by atoms with E-state index in [0.717, 1.165) is 36.2 Å². The second kappa shape index (κ2) is 8.46. The number of hydrogen-bond donors (Lipinski definition) is 1. The minimum atomic E-state index is -3.60. The van der Waals surface area contributed by atoms with E-state index in [9.17, 15) is 17.6 Å². The highest BCUT2D eigenvalue weighted by molar-refractivity contribution is 7.92. The summed E-state index contributed by atoms with van der Waals surface area (Å²) in [6.45, 7) is 0.0812. The van der Waals surface area contributed by atoms with E-state index in [1.807, 2.05) is 0 Å². The first kappa shape index (κ1) is 18.7. The molecule has 0 saturated heterocycles. The molecule has 2 rings (SSSR count). The van der Waals surface area contributed by atoms with Gasteiger partial charge in [-0.3, -0.25) is 9.10 Å². The minimum absolute atomic E-state index is 0.0210. The van der Waals surface area contributed by atoms with Crippen molar-refractivity contribution in [1.29, 1.82) is 0 Å². The number of nitrogens with one attached hydrogen (secondary N) is 1. The van der Waals surface area contributed by atoms with Crippen LogP contribution in [0.4, 0.5) is 10.1 Å². The maximum atomic E-state index is 13.9. The third-order valence-electron chi connectivity index (χ3n) is 4.26. The fraction of sp³-hybridized carbons (Fsp3) is 0.588. The molecule has 1 N–H and O–H groups in total. The Kier molecular flexibility index (Phi) is 6.60. The second-order valence-corrected chi connectivity index (χ2v) is 8.20. The molecular formula is C17H25FN2O3S. The minimum Gasteiger partial charge on any atom is -0.353 e. The molecule has 1 aromatic carbocycles. The molecule has 1 saturated carbocycles. The quantitative estimate of drug-likeness (QED) is 0.817. The van der Waals surface area contributed by atoms with E-state index in [1.54, 1.807) is 6.07 Å². The normalized spacial score (nSPS) is 15.9. The van der Waals surface area contributed by atoms with Crippen molar-refractivity contribution in [2.75, 3.05) is 17.1 Å². The van der Waals surface area contributed by atoms with Crippen LogP contribution in [0, 0.1) is 5.82 Å². The van der Waals surface area contributed by atoms with Gasteiger partial charge in [0.05, 0.1) is 11.9 Å². The van der Waals surface area contributed by atoms with Gasteiger partial charge in [-0.1, -0.05) is 31.4 Å². The number of carbonyl (C=O) groups is 1. The van der Waals surface area contributed by atoms with Gasteiger partial charge in [0.15, 0.2) is 0 Å². The number of nitrogens with zero attached hydrogens (tertiary/aromatic N) is 1. The van der Waals surface area contributed by atoms with Crippen molar-refractivity contribution in [3.63, 3.8) is 0 Å². The third kappa shape index (κ3) is 5.47. The van der Waals surface area contributed by atoms with Crippen molar-refractivity contribution in [2.24, 2.45) is 0 Å². The van der Waals surface area contributed by atoms with Gasteiger partial charge in [-0.05, 0) is 31.4 Å². The number of carbonyl (C=O) groups excluding carboxylic acids is 1. The van der Waals surface area contributed by atoms with E-state index in [0.29, 0.717) is 6.42 Å². The van der Waals surface area contributed by atoms with Gasteiger partial charge in [-0.25, -0.2) is 12.8 Å². The molecular weight excluding hydrogens is 331 g/mol. The predicted molar refractivity (Wildman–Crippen MR) is 92.8 cm³/mol. The molecule has 0 unspecified atom stereocenters. The second-order valence-electron chi connectivity index (χ2n) is 6.29. The molecule has 0 atom stereocenters. The lowest BCUT2D eigenvalue weighted by atomic mass is 9.95. The number of amides is 1. The van der Waals surface area contributed by atoms with Crippen molar-refractivity contribution in [3.05, 3.63) is 30.1 Å². The molecule has 0 radical (unpaired) electrons. The van der Waals surface area contributed by atoms with Gasteiger partial charge in [-0.15, -0.1) is 0 Å². The first-order valence-electron chi connectivity index (χ1n) is 8.39. The van der Waals surface area contributed by atoms with Crippen LogP contribution in [0.5, 0.6) is 0 Å². The van der Waals surface area contributed by atoms with Gasteiger partial charge in [0.25, 0.3) is 0 Å². The van der Waals surface area contributed by atoms with Crippen LogP contribution in [0.1, 0.15) is 44.9 Å². The topological polar surface area (TPSA) is 66.5 Å². The number of anilines is 1. The van der Waals surface area contributed by atoms with Crippen LogP contribution in [-0.2, 0) is 14.8 Å². The lowest BCUT2D eigenvalue weighted by Gasteiger charge is -2.24. The maximum absolute atomic E-state index is 13.9. The molecule has 134 valence electrons. The van der Waals surface area contributed by atoms with Crippen LogP contribution in [-0.4, -0.2) is 33.2 Å². The molecule has 0 bridgehead atoms. The molecule has 7 heteroatoms. The third-order valence-corrected chi connectivity index (χ3v) is 5.44. The summed E-state index contributed by atoms with van der Waals surface area (Å²) in [5.41, 5.74) is 0.0210. The Morgan fingerprint density at radius 1 is 1.25 bits per heavy atom. The van der Waals surface area contributed by atoms with Crippen molar-refractivity contribution in [3.8, 4) is 0 Å². The fourth-order valence-electron chi connectivity index (χ4n) is 3.05. The highest BCUT2D eigenvalue weighted by Gasteiger charge is 2.21. The van der Waals surface area contributed by atoms with Crippen LogP contribution in [0.25, 0.3) is 0 Å². The van der Waals surface area contributed by atoms with Crippen molar-refractivity contribution in [2.45, 2.75) is 51.0 Å². The zero-order valence-corrected chi connectivity index (χ0v) is 14.8. The first-order valence-corrected chi connectivity index (χ1v) is 10.2. The van der Waals surface area contributed by atoms with Crippen LogP contribution < -0.4 is 9.62 Å². The van der Waals surface area contributed by atoms with Gasteiger partial charge in [-0.2, -0.15) is 0 Å². The molecule has 1 aromatic rings. The Labute approximate surface area is 143 Å². The van der Waals surface area contributed by atoms with Crippen LogP contribution in [0.3, 0.4) is 0 Å². The number of hydrogen-bond acceptors (Lipinski definition) is 3. The Morgan fingerprint density at radius 3 is 2.54 bits per heavy atom. The van der Waals surface area contributed by atoms with E-state index in [4.69, 9.17) is 0 Å². The van der Waals surface area contributed by atoms with Crippen LogP contribution in [0.15, 0.2) is 24.3 Å². The largest absolute Gasteiger partial charge is 0.353 e. The molecule has 1 amide bonds. The zero-order valence-electron chi connectivity index (χ0n) is 14.0. The predicted octanol–water partition coefficient (Wildman–Crippen LogP) is 2.82. The maximum Gasteiger partial charge on any atom is 0.232 e. The summed E-state index contributed by atoms with van der Waals surface area (Å²) in [7, 11) is -3.60. The molecule has 5 nitrogen and oxygen atoms in total. The Balaban J connectivity index is 1.89. The summed E-state index contributed by atoms with van der Waals surface area (Å²) >= 11 is 0. The SMILES string of the molecule is CS(=O)(=O)N(CCCC(=O)NC1CCCCC1)c1ccccc1F. The highest BCUT2D eigenvalue weighted by Crippen LogP contribution is 2.22. The molecule has 24 heavy (non-hydrogen) atoms. The van der Waals surface area contributed by atoms with E-state index in [-0.39, 0.29) is 30.6 Å². The van der Waals surface area contributed by atoms with Crippen molar-refractivity contribution < 1.29 is 17.6 Å². The van der Waals surface area contributed by atoms with Gasteiger partial charge < -0.3 is 5.32 Å². The molecule has 0 aromatic heterocycles. The summed E-state index contributed by atoms with van der Waals surface area (Å²) in [5, 5.41) is 3.00. The van der Waals surface area contributed by atoms with Gasteiger partial charge in [0.1, 0.15) is 5.82 Å². The highest BCUT2D eigenvalue weighted by atomic mass is 32.2. The van der Waals surface area contributed by atoms with Crippen molar-refractivity contribution in [1.82, 2.24) is 5.32 Å². The van der Waals surface area contributed by atoms with Crippen molar-refractivity contribution >= 4 is 21.6 Å². The number of halogens is 1. The van der Waals surface area contributed by atoms with Gasteiger partial charge in [0.2, 0.25) is 15.9 Å². The fourth-order valence-corrected chi connectivity index (χ4v) is 4.02. The molecule has 1 fully saturated rings.